The van der Waals surface area contributed by atoms with E-state index in [2.05, 4.69) is 10.3 Å². The van der Waals surface area contributed by atoms with E-state index in [-0.39, 0.29) is 11.5 Å². The number of aryl methyl sites for hydroxylation is 1. The molecule has 8 nitrogen and oxygen atoms in total. The van der Waals surface area contributed by atoms with Crippen LogP contribution < -0.4 is 22.3 Å². The lowest BCUT2D eigenvalue weighted by Gasteiger charge is -2.15. The van der Waals surface area contributed by atoms with Crippen LogP contribution in [0.15, 0.2) is 22.0 Å². The molecule has 2 heterocycles. The summed E-state index contributed by atoms with van der Waals surface area (Å²) >= 11 is 0. The van der Waals surface area contributed by atoms with Crippen LogP contribution in [0.25, 0.3) is 0 Å². The van der Waals surface area contributed by atoms with E-state index < -0.39 is 11.2 Å². The summed E-state index contributed by atoms with van der Waals surface area (Å²) in [6.07, 6.45) is 4.24. The van der Waals surface area contributed by atoms with Crippen molar-refractivity contribution >= 4 is 11.5 Å². The Kier molecular flexibility index (Phi) is 4.15. The smallest absolute Gasteiger partial charge is 0.332 e. The van der Waals surface area contributed by atoms with Crippen LogP contribution >= 0.6 is 0 Å². The van der Waals surface area contributed by atoms with E-state index in [0.29, 0.717) is 13.1 Å². The number of nitrogens with one attached hydrogen (secondary N) is 1. The second kappa shape index (κ2) is 5.86. The van der Waals surface area contributed by atoms with E-state index in [0.717, 1.165) is 16.8 Å². The maximum absolute atomic E-state index is 12.2. The summed E-state index contributed by atoms with van der Waals surface area (Å²) in [7, 11) is 3.31. The number of rotatable bonds is 5. The Labute approximate surface area is 121 Å². The Balaban J connectivity index is 2.41. The Morgan fingerprint density at radius 1 is 1.33 bits per heavy atom. The zero-order valence-electron chi connectivity index (χ0n) is 12.5. The molecule has 3 N–H and O–H groups in total. The van der Waals surface area contributed by atoms with Crippen LogP contribution in [0.2, 0.25) is 0 Å². The lowest BCUT2D eigenvalue weighted by molar-refractivity contribution is 0.600. The Bertz CT molecular complexity index is 755. The zero-order chi connectivity index (χ0) is 15.6. The molecule has 8 heteroatoms. The molecule has 0 radical (unpaired) electrons. The highest BCUT2D eigenvalue weighted by Gasteiger charge is 2.15. The first-order valence-corrected chi connectivity index (χ1v) is 6.76. The van der Waals surface area contributed by atoms with E-state index in [1.165, 1.54) is 11.6 Å². The van der Waals surface area contributed by atoms with Crippen molar-refractivity contribution in [3.63, 3.8) is 0 Å². The molecular formula is C13H20N6O2. The molecule has 0 aliphatic carbocycles. The van der Waals surface area contributed by atoms with Gasteiger partial charge in [0.05, 0.1) is 6.54 Å². The summed E-state index contributed by atoms with van der Waals surface area (Å²) in [5.41, 5.74) is 5.38. The second-order valence-corrected chi connectivity index (χ2v) is 4.87. The number of imidazole rings is 1. The van der Waals surface area contributed by atoms with Gasteiger partial charge in [0.2, 0.25) is 0 Å². The predicted octanol–water partition coefficient (Wildman–Crippen LogP) is -0.115. The molecule has 2 aromatic rings. The second-order valence-electron chi connectivity index (χ2n) is 4.87. The van der Waals surface area contributed by atoms with E-state index in [1.54, 1.807) is 6.20 Å². The molecule has 21 heavy (non-hydrogen) atoms. The highest BCUT2D eigenvalue weighted by atomic mass is 16.2. The molecule has 114 valence electrons. The molecule has 0 spiro atoms. The first kappa shape index (κ1) is 14.9. The summed E-state index contributed by atoms with van der Waals surface area (Å²) in [5.74, 6) is 0.934. The van der Waals surface area contributed by atoms with Gasteiger partial charge in [-0.25, -0.2) is 9.78 Å². The van der Waals surface area contributed by atoms with Crippen molar-refractivity contribution in [2.75, 3.05) is 11.1 Å². The van der Waals surface area contributed by atoms with Gasteiger partial charge in [0.1, 0.15) is 17.3 Å². The Hall–Kier alpha value is -2.51. The predicted molar refractivity (Wildman–Crippen MR) is 81.2 cm³/mol. The number of nitrogens with zero attached hydrogens (tertiary/aromatic N) is 4. The van der Waals surface area contributed by atoms with Crippen molar-refractivity contribution < 1.29 is 0 Å². The van der Waals surface area contributed by atoms with Crippen LogP contribution in [-0.2, 0) is 27.2 Å². The number of aromatic nitrogens is 4. The summed E-state index contributed by atoms with van der Waals surface area (Å²) in [5, 5.41) is 2.99. The van der Waals surface area contributed by atoms with Crippen LogP contribution in [0.5, 0.6) is 0 Å². The largest absolute Gasteiger partial charge is 0.383 e. The molecule has 0 atom stereocenters. The minimum atomic E-state index is -0.431. The summed E-state index contributed by atoms with van der Waals surface area (Å²) in [4.78, 5) is 28.4. The molecule has 0 aliphatic rings. The van der Waals surface area contributed by atoms with Gasteiger partial charge in [-0.05, 0) is 6.42 Å². The van der Waals surface area contributed by atoms with Gasteiger partial charge < -0.3 is 15.6 Å². The fraction of sp³-hybridized carbons (Fsp3) is 0.462. The lowest BCUT2D eigenvalue weighted by atomic mass is 10.4. The van der Waals surface area contributed by atoms with Crippen molar-refractivity contribution in [1.29, 1.82) is 0 Å². The minimum absolute atomic E-state index is 0.166. The molecule has 2 aromatic heterocycles. The van der Waals surface area contributed by atoms with Gasteiger partial charge in [-0.2, -0.15) is 0 Å². The van der Waals surface area contributed by atoms with Gasteiger partial charge in [-0.1, -0.05) is 6.92 Å². The third-order valence-corrected chi connectivity index (χ3v) is 3.37. The molecule has 0 fully saturated rings. The maximum atomic E-state index is 12.2. The Morgan fingerprint density at radius 2 is 2.05 bits per heavy atom. The van der Waals surface area contributed by atoms with Crippen molar-refractivity contribution in [2.45, 2.75) is 26.4 Å². The van der Waals surface area contributed by atoms with E-state index in [4.69, 9.17) is 5.73 Å². The van der Waals surface area contributed by atoms with Crippen LogP contribution in [0.4, 0.5) is 11.5 Å². The molecule has 0 amide bonds. The summed E-state index contributed by atoms with van der Waals surface area (Å²) < 4.78 is 4.31. The number of hydrogen-bond acceptors (Lipinski definition) is 5. The van der Waals surface area contributed by atoms with Gasteiger partial charge in [0, 0.05) is 33.0 Å². The Morgan fingerprint density at radius 3 is 2.62 bits per heavy atom. The number of nitrogen functional groups attached to an aromatic ring is 1. The quantitative estimate of drug-likeness (QED) is 0.800. The molecule has 0 unspecified atom stereocenters. The first-order valence-electron chi connectivity index (χ1n) is 6.76. The molecule has 0 bridgehead atoms. The molecular weight excluding hydrogens is 272 g/mol. The van der Waals surface area contributed by atoms with Gasteiger partial charge >= 0.3 is 5.69 Å². The fourth-order valence-electron chi connectivity index (χ4n) is 2.12. The maximum Gasteiger partial charge on any atom is 0.332 e. The average molecular weight is 292 g/mol. The average Bonchev–Trinajstić information content (AvgIpc) is 2.87. The van der Waals surface area contributed by atoms with Gasteiger partial charge in [-0.3, -0.25) is 13.9 Å². The monoisotopic (exact) mass is 292 g/mol. The lowest BCUT2D eigenvalue weighted by Crippen LogP contribution is -2.40. The highest BCUT2D eigenvalue weighted by Crippen LogP contribution is 2.12. The van der Waals surface area contributed by atoms with Crippen molar-refractivity contribution in [3.8, 4) is 0 Å². The van der Waals surface area contributed by atoms with Crippen LogP contribution in [0.1, 0.15) is 19.2 Å². The number of nitrogens with two attached hydrogens (primary N) is 1. The van der Waals surface area contributed by atoms with Crippen molar-refractivity contribution in [3.05, 3.63) is 39.1 Å². The molecule has 2 rings (SSSR count). The van der Waals surface area contributed by atoms with E-state index in [9.17, 15) is 9.59 Å². The molecule has 0 aromatic carbocycles. The van der Waals surface area contributed by atoms with Gasteiger partial charge in [-0.15, -0.1) is 0 Å². The number of hydrogen-bond donors (Lipinski definition) is 2. The summed E-state index contributed by atoms with van der Waals surface area (Å²) in [6, 6.07) is 0. The van der Waals surface area contributed by atoms with Gasteiger partial charge in [0.15, 0.2) is 0 Å². The summed E-state index contributed by atoms with van der Waals surface area (Å²) in [6.45, 7) is 2.76. The van der Waals surface area contributed by atoms with Crippen molar-refractivity contribution in [2.24, 2.45) is 14.1 Å². The standard InChI is InChI=1S/C13H20N6O2/c1-4-6-19-11(14)10(12(20)18(3)13(19)21)16-8-9-15-5-7-17(9)2/h5,7,16H,4,6,8,14H2,1-3H3. The normalized spacial score (nSPS) is 10.8. The van der Waals surface area contributed by atoms with Crippen molar-refractivity contribution in [1.82, 2.24) is 18.7 Å². The van der Waals surface area contributed by atoms with Crippen LogP contribution in [0, 0.1) is 0 Å². The fourth-order valence-corrected chi connectivity index (χ4v) is 2.12. The van der Waals surface area contributed by atoms with Gasteiger partial charge in [0.25, 0.3) is 5.56 Å². The van der Waals surface area contributed by atoms with Crippen LogP contribution in [0.3, 0.4) is 0 Å². The third kappa shape index (κ3) is 2.69. The highest BCUT2D eigenvalue weighted by molar-refractivity contribution is 5.60. The van der Waals surface area contributed by atoms with E-state index >= 15 is 0 Å². The molecule has 0 saturated carbocycles. The topological polar surface area (TPSA) is 99.9 Å². The molecule has 0 aliphatic heterocycles. The third-order valence-electron chi connectivity index (χ3n) is 3.37. The van der Waals surface area contributed by atoms with Crippen LogP contribution in [-0.4, -0.2) is 18.7 Å². The zero-order valence-corrected chi connectivity index (χ0v) is 12.5. The molecule has 0 saturated heterocycles. The van der Waals surface area contributed by atoms with E-state index in [1.807, 2.05) is 24.7 Å². The first-order chi connectivity index (χ1) is 9.97. The SMILES string of the molecule is CCCn1c(N)c(NCc2nccn2C)c(=O)n(C)c1=O. The number of anilines is 2. The minimum Gasteiger partial charge on any atom is -0.383 e.